The van der Waals surface area contributed by atoms with Crippen molar-refractivity contribution in [3.05, 3.63) is 72.4 Å². The number of azo groups is 1. The Labute approximate surface area is 156 Å². The Bertz CT molecular complexity index is 1150. The maximum Gasteiger partial charge on any atom is 0.187 e. The third-order valence-electron chi connectivity index (χ3n) is 4.23. The fourth-order valence-corrected chi connectivity index (χ4v) is 2.86. The summed E-state index contributed by atoms with van der Waals surface area (Å²) in [5.41, 5.74) is 3.74. The summed E-state index contributed by atoms with van der Waals surface area (Å²) >= 11 is 0. The molecule has 0 saturated heterocycles. The van der Waals surface area contributed by atoms with Gasteiger partial charge in [-0.2, -0.15) is 0 Å². The van der Waals surface area contributed by atoms with E-state index in [9.17, 15) is 5.11 Å². The highest BCUT2D eigenvalue weighted by Crippen LogP contribution is 2.35. The van der Waals surface area contributed by atoms with Crippen LogP contribution in [0.1, 0.15) is 5.56 Å². The number of ether oxygens (including phenoxy) is 1. The van der Waals surface area contributed by atoms with E-state index in [0.717, 1.165) is 22.5 Å². The molecule has 2 aromatic carbocycles. The molecule has 0 aliphatic carbocycles. The van der Waals surface area contributed by atoms with Gasteiger partial charge in [0, 0.05) is 11.8 Å². The predicted molar refractivity (Wildman–Crippen MR) is 104 cm³/mol. The first kappa shape index (κ1) is 16.8. The molecule has 0 amide bonds. The molecule has 0 aliphatic rings. The SMILES string of the molecule is COc1cccc(-c2nc3ccccn3c2N=Nc2cc(C)ccc2O)c1. The van der Waals surface area contributed by atoms with Crippen LogP contribution in [0.4, 0.5) is 11.5 Å². The summed E-state index contributed by atoms with van der Waals surface area (Å²) in [6.07, 6.45) is 1.89. The van der Waals surface area contributed by atoms with Gasteiger partial charge in [0.2, 0.25) is 0 Å². The highest BCUT2D eigenvalue weighted by molar-refractivity contribution is 5.75. The van der Waals surface area contributed by atoms with Crippen molar-refractivity contribution in [3.8, 4) is 22.8 Å². The smallest absolute Gasteiger partial charge is 0.187 e. The van der Waals surface area contributed by atoms with Crippen LogP contribution in [0.3, 0.4) is 0 Å². The van der Waals surface area contributed by atoms with Crippen LogP contribution in [0.15, 0.2) is 77.1 Å². The Morgan fingerprint density at radius 2 is 1.89 bits per heavy atom. The molecule has 0 aliphatic heterocycles. The number of aromatic nitrogens is 2. The van der Waals surface area contributed by atoms with E-state index in [-0.39, 0.29) is 5.75 Å². The average Bonchev–Trinajstić information content (AvgIpc) is 3.07. The zero-order valence-corrected chi connectivity index (χ0v) is 15.0. The molecule has 2 heterocycles. The van der Waals surface area contributed by atoms with Crippen molar-refractivity contribution in [3.63, 3.8) is 0 Å². The van der Waals surface area contributed by atoms with Crippen LogP contribution in [0, 0.1) is 6.92 Å². The van der Waals surface area contributed by atoms with Crippen LogP contribution in [0.5, 0.6) is 11.5 Å². The van der Waals surface area contributed by atoms with E-state index >= 15 is 0 Å². The largest absolute Gasteiger partial charge is 0.506 e. The minimum absolute atomic E-state index is 0.0844. The van der Waals surface area contributed by atoms with Crippen molar-refractivity contribution in [2.45, 2.75) is 6.92 Å². The number of fused-ring (bicyclic) bond motifs is 1. The van der Waals surface area contributed by atoms with Gasteiger partial charge in [0.25, 0.3) is 0 Å². The summed E-state index contributed by atoms with van der Waals surface area (Å²) in [5.74, 6) is 1.41. The van der Waals surface area contributed by atoms with Crippen LogP contribution in [-0.2, 0) is 0 Å². The van der Waals surface area contributed by atoms with Crippen molar-refractivity contribution in [2.24, 2.45) is 10.2 Å². The number of hydrogen-bond acceptors (Lipinski definition) is 5. The van der Waals surface area contributed by atoms with Crippen LogP contribution in [0.2, 0.25) is 0 Å². The van der Waals surface area contributed by atoms with Crippen LogP contribution in [-0.4, -0.2) is 21.6 Å². The van der Waals surface area contributed by atoms with Gasteiger partial charge < -0.3 is 9.84 Å². The highest BCUT2D eigenvalue weighted by Gasteiger charge is 2.14. The molecule has 6 nitrogen and oxygen atoms in total. The van der Waals surface area contributed by atoms with Crippen molar-refractivity contribution in [2.75, 3.05) is 7.11 Å². The molecule has 1 N–H and O–H groups in total. The second-order valence-electron chi connectivity index (χ2n) is 6.14. The third-order valence-corrected chi connectivity index (χ3v) is 4.23. The molecule has 27 heavy (non-hydrogen) atoms. The fourth-order valence-electron chi connectivity index (χ4n) is 2.86. The van der Waals surface area contributed by atoms with E-state index in [0.29, 0.717) is 17.2 Å². The molecule has 4 aromatic rings. The van der Waals surface area contributed by atoms with Crippen molar-refractivity contribution in [1.29, 1.82) is 0 Å². The summed E-state index contributed by atoms with van der Waals surface area (Å²) in [6.45, 7) is 1.94. The fraction of sp³-hybridized carbons (Fsp3) is 0.0952. The summed E-state index contributed by atoms with van der Waals surface area (Å²) in [4.78, 5) is 4.70. The van der Waals surface area contributed by atoms with Gasteiger partial charge in [-0.3, -0.25) is 4.40 Å². The van der Waals surface area contributed by atoms with E-state index in [1.165, 1.54) is 0 Å². The molecule has 0 radical (unpaired) electrons. The number of aryl methyl sites for hydroxylation is 1. The summed E-state index contributed by atoms with van der Waals surface area (Å²) in [5, 5.41) is 18.7. The van der Waals surface area contributed by atoms with Gasteiger partial charge in [0.05, 0.1) is 7.11 Å². The average molecular weight is 358 g/mol. The van der Waals surface area contributed by atoms with Gasteiger partial charge in [-0.15, -0.1) is 10.2 Å². The van der Waals surface area contributed by atoms with E-state index in [1.54, 1.807) is 19.2 Å². The lowest BCUT2D eigenvalue weighted by atomic mass is 10.1. The van der Waals surface area contributed by atoms with Crippen LogP contribution in [0.25, 0.3) is 16.9 Å². The second kappa shape index (κ2) is 6.92. The highest BCUT2D eigenvalue weighted by atomic mass is 16.5. The first-order chi connectivity index (χ1) is 13.2. The molecule has 0 saturated carbocycles. The lowest BCUT2D eigenvalue weighted by molar-refractivity contribution is 0.415. The Balaban J connectivity index is 1.88. The maximum absolute atomic E-state index is 10.0. The number of aromatic hydroxyl groups is 1. The number of nitrogens with zero attached hydrogens (tertiary/aromatic N) is 4. The second-order valence-corrected chi connectivity index (χ2v) is 6.14. The molecule has 2 aromatic heterocycles. The zero-order chi connectivity index (χ0) is 18.8. The normalized spacial score (nSPS) is 11.3. The lowest BCUT2D eigenvalue weighted by Crippen LogP contribution is -1.84. The molecule has 4 rings (SSSR count). The molecule has 0 bridgehead atoms. The molecule has 0 spiro atoms. The Kier molecular flexibility index (Phi) is 4.30. The van der Waals surface area contributed by atoms with Crippen LogP contribution < -0.4 is 4.74 Å². The lowest BCUT2D eigenvalue weighted by Gasteiger charge is -2.03. The number of methoxy groups -OCH3 is 1. The summed E-state index contributed by atoms with van der Waals surface area (Å²) in [7, 11) is 1.63. The molecular weight excluding hydrogens is 340 g/mol. The van der Waals surface area contributed by atoms with Crippen molar-refractivity contribution >= 4 is 17.2 Å². The number of phenols is 1. The van der Waals surface area contributed by atoms with E-state index in [2.05, 4.69) is 10.2 Å². The minimum Gasteiger partial charge on any atom is -0.506 e. The summed E-state index contributed by atoms with van der Waals surface area (Å²) < 4.78 is 7.19. The van der Waals surface area contributed by atoms with E-state index < -0.39 is 0 Å². The molecule has 6 heteroatoms. The number of imidazole rings is 1. The number of hydrogen-bond donors (Lipinski definition) is 1. The predicted octanol–water partition coefficient (Wildman–Crippen LogP) is 5.44. The minimum atomic E-state index is 0.0844. The molecule has 0 atom stereocenters. The molecule has 0 fully saturated rings. The van der Waals surface area contributed by atoms with Gasteiger partial charge in [-0.25, -0.2) is 4.98 Å². The van der Waals surface area contributed by atoms with Crippen LogP contribution >= 0.6 is 0 Å². The molecule has 0 unspecified atom stereocenters. The van der Waals surface area contributed by atoms with Gasteiger partial charge in [0.15, 0.2) is 5.82 Å². The Hall–Kier alpha value is -3.67. The molecular formula is C21H18N4O2. The maximum atomic E-state index is 10.0. The number of phenolic OH excluding ortho intramolecular Hbond substituents is 1. The topological polar surface area (TPSA) is 71.5 Å². The quantitative estimate of drug-likeness (QED) is 0.494. The third kappa shape index (κ3) is 3.25. The first-order valence-corrected chi connectivity index (χ1v) is 8.48. The number of benzene rings is 2. The van der Waals surface area contributed by atoms with E-state index in [1.807, 2.05) is 66.1 Å². The van der Waals surface area contributed by atoms with Gasteiger partial charge in [-0.05, 0) is 48.9 Å². The van der Waals surface area contributed by atoms with Crippen molar-refractivity contribution < 1.29 is 9.84 Å². The Morgan fingerprint density at radius 1 is 1.00 bits per heavy atom. The van der Waals surface area contributed by atoms with Gasteiger partial charge >= 0.3 is 0 Å². The van der Waals surface area contributed by atoms with E-state index in [4.69, 9.17) is 9.72 Å². The number of rotatable bonds is 4. The van der Waals surface area contributed by atoms with Gasteiger partial charge in [0.1, 0.15) is 28.5 Å². The van der Waals surface area contributed by atoms with Crippen molar-refractivity contribution in [1.82, 2.24) is 9.38 Å². The molecule has 134 valence electrons. The zero-order valence-electron chi connectivity index (χ0n) is 15.0. The van der Waals surface area contributed by atoms with Gasteiger partial charge in [-0.1, -0.05) is 24.3 Å². The Morgan fingerprint density at radius 3 is 2.74 bits per heavy atom. The first-order valence-electron chi connectivity index (χ1n) is 8.48. The number of pyridine rings is 1. The standard InChI is InChI=1S/C21H18N4O2/c1-14-9-10-18(26)17(12-14)23-24-21-20(15-6-5-7-16(13-15)27-2)22-19-8-3-4-11-25(19)21/h3-13,26H,1-2H3. The monoisotopic (exact) mass is 358 g/mol. The summed E-state index contributed by atoms with van der Waals surface area (Å²) in [6, 6.07) is 18.6.